The Labute approximate surface area is 276 Å². The second kappa shape index (κ2) is 13.2. The number of aliphatic imine (C=N–C) groups is 1. The van der Waals surface area contributed by atoms with Crippen molar-refractivity contribution in [1.29, 1.82) is 0 Å². The van der Waals surface area contributed by atoms with Crippen molar-refractivity contribution in [3.8, 4) is 28.2 Å². The quantitative estimate of drug-likeness (QED) is 0.161. The van der Waals surface area contributed by atoms with E-state index in [0.29, 0.717) is 6.54 Å². The number of rotatable bonds is 8. The van der Waals surface area contributed by atoms with E-state index in [4.69, 9.17) is 4.99 Å². The number of amides is 1. The first-order chi connectivity index (χ1) is 22.2. The standard InChI is InChI=1S/C39H32BrN3OS/c40-31-20-22-32(23-21-31)43-34(28-14-6-2-7-15-28)24-30(37(43)29-16-8-3-9-17-29)26-42-39-36(33-18-10-11-19-35(33)45-39)38(44)41-25-27-12-4-1-5-13-27/h1-9,12-17,20-24,26H,10-11,18-19,25H2,(H,41,44). The van der Waals surface area contributed by atoms with Gasteiger partial charge in [0.15, 0.2) is 0 Å². The van der Waals surface area contributed by atoms with Gasteiger partial charge in [-0.15, -0.1) is 11.3 Å². The summed E-state index contributed by atoms with van der Waals surface area (Å²) in [7, 11) is 0. The van der Waals surface area contributed by atoms with Gasteiger partial charge in [-0.2, -0.15) is 0 Å². The fourth-order valence-corrected chi connectivity index (χ4v) is 7.57. The van der Waals surface area contributed by atoms with Gasteiger partial charge in [-0.3, -0.25) is 4.79 Å². The number of aryl methyl sites for hydroxylation is 1. The van der Waals surface area contributed by atoms with E-state index in [1.807, 2.05) is 48.7 Å². The Balaban J connectivity index is 1.35. The maximum atomic E-state index is 13.7. The number of thiophene rings is 1. The Kier molecular flexibility index (Phi) is 8.58. The summed E-state index contributed by atoms with van der Waals surface area (Å²) in [6.45, 7) is 0.488. The number of halogens is 1. The molecule has 0 fully saturated rings. The molecule has 1 aliphatic carbocycles. The molecule has 7 rings (SSSR count). The number of nitrogens with zero attached hydrogens (tertiary/aromatic N) is 2. The lowest BCUT2D eigenvalue weighted by Gasteiger charge is -2.15. The minimum absolute atomic E-state index is 0.0499. The van der Waals surface area contributed by atoms with Gasteiger partial charge in [0.1, 0.15) is 5.00 Å². The first-order valence-electron chi connectivity index (χ1n) is 15.3. The van der Waals surface area contributed by atoms with E-state index < -0.39 is 0 Å². The third-order valence-electron chi connectivity index (χ3n) is 8.23. The molecule has 4 aromatic carbocycles. The third kappa shape index (κ3) is 6.21. The van der Waals surface area contributed by atoms with Crippen LogP contribution >= 0.6 is 27.3 Å². The van der Waals surface area contributed by atoms with Crippen LogP contribution in [0, 0.1) is 0 Å². The van der Waals surface area contributed by atoms with Crippen LogP contribution in [0.4, 0.5) is 5.00 Å². The predicted octanol–water partition coefficient (Wildman–Crippen LogP) is 10.2. The van der Waals surface area contributed by atoms with Crippen LogP contribution in [0.25, 0.3) is 28.2 Å². The average Bonchev–Trinajstić information content (AvgIpc) is 3.66. The Bertz CT molecular complexity index is 1960. The number of fused-ring (bicyclic) bond motifs is 1. The van der Waals surface area contributed by atoms with Crippen LogP contribution in [-0.4, -0.2) is 16.7 Å². The van der Waals surface area contributed by atoms with Crippen molar-refractivity contribution in [2.45, 2.75) is 32.2 Å². The van der Waals surface area contributed by atoms with E-state index in [-0.39, 0.29) is 5.91 Å². The summed E-state index contributed by atoms with van der Waals surface area (Å²) in [5, 5.41) is 3.96. The minimum Gasteiger partial charge on any atom is -0.348 e. The molecule has 1 aliphatic rings. The lowest BCUT2D eigenvalue weighted by molar-refractivity contribution is 0.0951. The summed E-state index contributed by atoms with van der Waals surface area (Å²) in [6, 6.07) is 41.6. The number of carbonyl (C=O) groups is 1. The molecule has 0 aliphatic heterocycles. The maximum Gasteiger partial charge on any atom is 0.254 e. The third-order valence-corrected chi connectivity index (χ3v) is 9.96. The van der Waals surface area contributed by atoms with E-state index in [9.17, 15) is 4.79 Å². The maximum absolute atomic E-state index is 13.7. The van der Waals surface area contributed by atoms with E-state index in [1.165, 1.54) is 10.4 Å². The van der Waals surface area contributed by atoms with Crippen LogP contribution in [0.15, 0.2) is 131 Å². The summed E-state index contributed by atoms with van der Waals surface area (Å²) >= 11 is 5.27. The molecule has 6 heteroatoms. The molecule has 6 aromatic rings. The van der Waals surface area contributed by atoms with Gasteiger partial charge in [-0.25, -0.2) is 4.99 Å². The molecule has 0 unspecified atom stereocenters. The molecule has 1 amide bonds. The number of carbonyl (C=O) groups excluding carboxylic acids is 1. The zero-order valence-corrected chi connectivity index (χ0v) is 27.2. The van der Waals surface area contributed by atoms with Gasteiger partial charge in [-0.05, 0) is 78.3 Å². The molecule has 0 bridgehead atoms. The predicted molar refractivity (Wildman–Crippen MR) is 190 cm³/mol. The fraction of sp³-hybridized carbons (Fsp3) is 0.128. The lowest BCUT2D eigenvalue weighted by atomic mass is 9.95. The minimum atomic E-state index is -0.0499. The number of benzene rings is 4. The van der Waals surface area contributed by atoms with Crippen molar-refractivity contribution < 1.29 is 4.79 Å². The molecule has 0 saturated carbocycles. The molecular formula is C39H32BrN3OS. The topological polar surface area (TPSA) is 46.4 Å². The summed E-state index contributed by atoms with van der Waals surface area (Å²) in [6.07, 6.45) is 6.12. The molecule has 0 radical (unpaired) electrons. The summed E-state index contributed by atoms with van der Waals surface area (Å²) < 4.78 is 3.34. The molecule has 0 spiro atoms. The Morgan fingerprint density at radius 3 is 2.18 bits per heavy atom. The Morgan fingerprint density at radius 2 is 1.47 bits per heavy atom. The molecule has 2 heterocycles. The lowest BCUT2D eigenvalue weighted by Crippen LogP contribution is -2.24. The zero-order valence-electron chi connectivity index (χ0n) is 24.7. The number of aromatic nitrogens is 1. The highest BCUT2D eigenvalue weighted by atomic mass is 79.9. The first kappa shape index (κ1) is 29.2. The smallest absolute Gasteiger partial charge is 0.254 e. The van der Waals surface area contributed by atoms with Crippen molar-refractivity contribution in [1.82, 2.24) is 9.88 Å². The second-order valence-corrected chi connectivity index (χ2v) is 13.2. The molecular weight excluding hydrogens is 638 g/mol. The van der Waals surface area contributed by atoms with E-state index in [0.717, 1.165) is 80.0 Å². The highest BCUT2D eigenvalue weighted by Gasteiger charge is 2.26. The molecule has 2 aromatic heterocycles. The number of hydrogen-bond donors (Lipinski definition) is 1. The SMILES string of the molecule is O=C(NCc1ccccc1)c1c(N=Cc2cc(-c3ccccc3)n(-c3ccc(Br)cc3)c2-c2ccccc2)sc2c1CCCC2. The van der Waals surface area contributed by atoms with Gasteiger partial charge in [0, 0.05) is 33.4 Å². The molecule has 1 N–H and O–H groups in total. The van der Waals surface area contributed by atoms with Gasteiger partial charge in [0.05, 0.1) is 17.0 Å². The molecule has 45 heavy (non-hydrogen) atoms. The summed E-state index contributed by atoms with van der Waals surface area (Å²) in [5.74, 6) is -0.0499. The second-order valence-electron chi connectivity index (χ2n) is 11.2. The zero-order chi connectivity index (χ0) is 30.6. The number of nitrogens with one attached hydrogen (secondary N) is 1. The summed E-state index contributed by atoms with van der Waals surface area (Å²) in [4.78, 5) is 20.1. The highest BCUT2D eigenvalue weighted by molar-refractivity contribution is 9.10. The summed E-state index contributed by atoms with van der Waals surface area (Å²) in [5.41, 5.74) is 9.37. The van der Waals surface area contributed by atoms with Crippen molar-refractivity contribution in [2.24, 2.45) is 4.99 Å². The van der Waals surface area contributed by atoms with Crippen LogP contribution in [0.2, 0.25) is 0 Å². The van der Waals surface area contributed by atoms with E-state index >= 15 is 0 Å². The van der Waals surface area contributed by atoms with Gasteiger partial charge < -0.3 is 9.88 Å². The van der Waals surface area contributed by atoms with E-state index in [2.05, 4.69) is 105 Å². The van der Waals surface area contributed by atoms with Crippen LogP contribution in [0.3, 0.4) is 0 Å². The Morgan fingerprint density at radius 1 is 0.822 bits per heavy atom. The van der Waals surface area contributed by atoms with Crippen molar-refractivity contribution in [3.63, 3.8) is 0 Å². The van der Waals surface area contributed by atoms with Gasteiger partial charge in [0.2, 0.25) is 0 Å². The average molecular weight is 671 g/mol. The van der Waals surface area contributed by atoms with Crippen LogP contribution < -0.4 is 5.32 Å². The first-order valence-corrected chi connectivity index (χ1v) is 16.9. The van der Waals surface area contributed by atoms with Crippen LogP contribution in [0.1, 0.15) is 44.8 Å². The van der Waals surface area contributed by atoms with Crippen molar-refractivity contribution in [3.05, 3.63) is 153 Å². The number of hydrogen-bond acceptors (Lipinski definition) is 3. The van der Waals surface area contributed by atoms with Crippen LogP contribution in [0.5, 0.6) is 0 Å². The van der Waals surface area contributed by atoms with Gasteiger partial charge >= 0.3 is 0 Å². The van der Waals surface area contributed by atoms with Crippen molar-refractivity contribution in [2.75, 3.05) is 0 Å². The van der Waals surface area contributed by atoms with Crippen molar-refractivity contribution >= 4 is 44.4 Å². The normalized spacial score (nSPS) is 12.7. The molecule has 222 valence electrons. The monoisotopic (exact) mass is 669 g/mol. The van der Waals surface area contributed by atoms with E-state index in [1.54, 1.807) is 11.3 Å². The highest BCUT2D eigenvalue weighted by Crippen LogP contribution is 2.41. The molecule has 4 nitrogen and oxygen atoms in total. The fourth-order valence-electron chi connectivity index (χ4n) is 6.07. The molecule has 0 atom stereocenters. The van der Waals surface area contributed by atoms with Gasteiger partial charge in [0.25, 0.3) is 5.91 Å². The van der Waals surface area contributed by atoms with Crippen LogP contribution in [-0.2, 0) is 19.4 Å². The molecule has 0 saturated heterocycles. The Hall–Kier alpha value is -4.52. The van der Waals surface area contributed by atoms with Gasteiger partial charge in [-0.1, -0.05) is 107 Å². The largest absolute Gasteiger partial charge is 0.348 e.